The van der Waals surface area contributed by atoms with Gasteiger partial charge in [-0.1, -0.05) is 0 Å². The van der Waals surface area contributed by atoms with Crippen LogP contribution in [0.5, 0.6) is 0 Å². The van der Waals surface area contributed by atoms with Gasteiger partial charge in [-0.25, -0.2) is 4.39 Å². The second kappa shape index (κ2) is 5.89. The number of nitrogens with zero attached hydrogens (tertiary/aromatic N) is 1. The smallest absolute Gasteiger partial charge is 0.147 e. The number of anilines is 1. The van der Waals surface area contributed by atoms with Crippen molar-refractivity contribution >= 4 is 17.4 Å². The third-order valence-electron chi connectivity index (χ3n) is 2.21. The normalized spacial score (nSPS) is 13.8. The largest absolute Gasteiger partial charge is 0.387 e. The van der Waals surface area contributed by atoms with Crippen molar-refractivity contribution in [2.45, 2.75) is 12.5 Å². The van der Waals surface area contributed by atoms with Crippen molar-refractivity contribution in [2.75, 3.05) is 23.9 Å². The highest BCUT2D eigenvalue weighted by molar-refractivity contribution is 7.98. The molecule has 17 heavy (non-hydrogen) atoms. The predicted molar refractivity (Wildman–Crippen MR) is 68.6 cm³/mol. The quantitative estimate of drug-likeness (QED) is 0.846. The van der Waals surface area contributed by atoms with E-state index in [0.29, 0.717) is 11.4 Å². The number of hydrogen-bond acceptors (Lipinski definition) is 4. The summed E-state index contributed by atoms with van der Waals surface area (Å²) in [5, 5.41) is 21.4. The summed E-state index contributed by atoms with van der Waals surface area (Å²) < 4.78 is 13.5. The highest BCUT2D eigenvalue weighted by Crippen LogP contribution is 2.17. The zero-order chi connectivity index (χ0) is 12.9. The van der Waals surface area contributed by atoms with Crippen LogP contribution in [0.25, 0.3) is 0 Å². The summed E-state index contributed by atoms with van der Waals surface area (Å²) in [4.78, 5) is 0. The molecule has 1 atom stereocenters. The van der Waals surface area contributed by atoms with Crippen LogP contribution >= 0.6 is 11.8 Å². The van der Waals surface area contributed by atoms with Crippen LogP contribution < -0.4 is 5.32 Å². The predicted octanol–water partition coefficient (Wildman–Crippen LogP) is 2.22. The third-order valence-corrected chi connectivity index (χ3v) is 3.12. The molecule has 5 heteroatoms. The maximum Gasteiger partial charge on any atom is 0.147 e. The number of hydrogen-bond donors (Lipinski definition) is 2. The molecule has 0 bridgehead atoms. The van der Waals surface area contributed by atoms with Crippen LogP contribution in [0.4, 0.5) is 10.1 Å². The zero-order valence-corrected chi connectivity index (χ0v) is 10.6. The van der Waals surface area contributed by atoms with Crippen LogP contribution in [0.3, 0.4) is 0 Å². The van der Waals surface area contributed by atoms with E-state index in [1.807, 2.05) is 12.3 Å². The number of aliphatic hydroxyl groups is 1. The maximum absolute atomic E-state index is 13.5. The molecule has 92 valence electrons. The van der Waals surface area contributed by atoms with Crippen molar-refractivity contribution < 1.29 is 9.50 Å². The SMILES string of the molecule is CSCC(C)(O)CNc1ccc(C#N)cc1F. The zero-order valence-electron chi connectivity index (χ0n) is 9.83. The van der Waals surface area contributed by atoms with Gasteiger partial charge in [0.15, 0.2) is 0 Å². The summed E-state index contributed by atoms with van der Waals surface area (Å²) in [6, 6.07) is 6.08. The molecule has 0 aliphatic heterocycles. The Bertz CT molecular complexity index is 429. The van der Waals surface area contributed by atoms with Gasteiger partial charge < -0.3 is 10.4 Å². The number of benzene rings is 1. The van der Waals surface area contributed by atoms with Crippen LogP contribution in [0.1, 0.15) is 12.5 Å². The van der Waals surface area contributed by atoms with Crippen LogP contribution in [0.2, 0.25) is 0 Å². The van der Waals surface area contributed by atoms with E-state index in [1.54, 1.807) is 6.92 Å². The first-order valence-corrected chi connectivity index (χ1v) is 6.53. The van der Waals surface area contributed by atoms with E-state index >= 15 is 0 Å². The van der Waals surface area contributed by atoms with Gasteiger partial charge in [0.25, 0.3) is 0 Å². The van der Waals surface area contributed by atoms with Gasteiger partial charge >= 0.3 is 0 Å². The second-order valence-electron chi connectivity index (χ2n) is 4.09. The molecule has 0 spiro atoms. The lowest BCUT2D eigenvalue weighted by Gasteiger charge is -2.23. The molecule has 3 nitrogen and oxygen atoms in total. The molecule has 0 aliphatic carbocycles. The number of rotatable bonds is 5. The van der Waals surface area contributed by atoms with E-state index in [4.69, 9.17) is 5.26 Å². The van der Waals surface area contributed by atoms with Gasteiger partial charge in [0.2, 0.25) is 0 Å². The van der Waals surface area contributed by atoms with Gasteiger partial charge in [-0.2, -0.15) is 17.0 Å². The Balaban J connectivity index is 2.67. The maximum atomic E-state index is 13.5. The Morgan fingerprint density at radius 2 is 2.29 bits per heavy atom. The van der Waals surface area contributed by atoms with E-state index in [1.165, 1.54) is 30.0 Å². The molecule has 0 radical (unpaired) electrons. The summed E-state index contributed by atoms with van der Waals surface area (Å²) >= 11 is 1.53. The highest BCUT2D eigenvalue weighted by Gasteiger charge is 2.19. The fourth-order valence-electron chi connectivity index (χ4n) is 1.38. The third kappa shape index (κ3) is 4.25. The molecule has 1 aromatic rings. The van der Waals surface area contributed by atoms with Crippen molar-refractivity contribution in [3.8, 4) is 6.07 Å². The van der Waals surface area contributed by atoms with Gasteiger partial charge in [-0.15, -0.1) is 0 Å². The summed E-state index contributed by atoms with van der Waals surface area (Å²) in [5.74, 6) is 0.0850. The molecular weight excluding hydrogens is 239 g/mol. The van der Waals surface area contributed by atoms with Crippen molar-refractivity contribution in [1.29, 1.82) is 5.26 Å². The summed E-state index contributed by atoms with van der Waals surface area (Å²) in [6.45, 7) is 1.95. The Labute approximate surface area is 105 Å². The molecule has 2 N–H and O–H groups in total. The lowest BCUT2D eigenvalue weighted by Crippen LogP contribution is -2.36. The lowest BCUT2D eigenvalue weighted by molar-refractivity contribution is 0.0996. The Morgan fingerprint density at radius 1 is 1.59 bits per heavy atom. The number of thioether (sulfide) groups is 1. The fraction of sp³-hybridized carbons (Fsp3) is 0.417. The summed E-state index contributed by atoms with van der Waals surface area (Å²) in [7, 11) is 0. The first kappa shape index (κ1) is 13.8. The number of nitrogens with one attached hydrogen (secondary N) is 1. The van der Waals surface area contributed by atoms with Crippen LogP contribution in [0, 0.1) is 17.1 Å². The molecule has 0 saturated heterocycles. The monoisotopic (exact) mass is 254 g/mol. The van der Waals surface area contributed by atoms with Crippen LogP contribution in [-0.2, 0) is 0 Å². The van der Waals surface area contributed by atoms with Gasteiger partial charge in [-0.05, 0) is 31.4 Å². The average molecular weight is 254 g/mol. The molecule has 0 aliphatic rings. The van der Waals surface area contributed by atoms with Crippen molar-refractivity contribution in [3.63, 3.8) is 0 Å². The van der Waals surface area contributed by atoms with E-state index < -0.39 is 11.4 Å². The average Bonchev–Trinajstić information content (AvgIpc) is 2.27. The molecule has 1 unspecified atom stereocenters. The minimum Gasteiger partial charge on any atom is -0.387 e. The second-order valence-corrected chi connectivity index (χ2v) is 4.96. The van der Waals surface area contributed by atoms with E-state index in [0.717, 1.165) is 0 Å². The van der Waals surface area contributed by atoms with E-state index in [2.05, 4.69) is 5.32 Å². The molecule has 0 saturated carbocycles. The molecule has 0 heterocycles. The van der Waals surface area contributed by atoms with Gasteiger partial charge in [0, 0.05) is 12.3 Å². The lowest BCUT2D eigenvalue weighted by atomic mass is 10.1. The Kier molecular flexibility index (Phi) is 4.79. The molecule has 1 rings (SSSR count). The van der Waals surface area contributed by atoms with Crippen molar-refractivity contribution in [1.82, 2.24) is 0 Å². The molecule has 0 aromatic heterocycles. The molecule has 1 aromatic carbocycles. The fourth-order valence-corrected chi connectivity index (χ4v) is 2.10. The summed E-state index contributed by atoms with van der Waals surface area (Å²) in [6.07, 6.45) is 1.90. The Hall–Kier alpha value is -1.25. The molecule has 0 amide bonds. The van der Waals surface area contributed by atoms with Gasteiger partial charge in [-0.3, -0.25) is 0 Å². The molecular formula is C12H15FN2OS. The number of halogens is 1. The minimum atomic E-state index is -0.889. The standard InChI is InChI=1S/C12H15FN2OS/c1-12(16,8-17-2)7-15-11-4-3-9(6-14)5-10(11)13/h3-5,15-16H,7-8H2,1-2H3. The number of nitriles is 1. The first-order chi connectivity index (χ1) is 7.98. The van der Waals surface area contributed by atoms with E-state index in [-0.39, 0.29) is 12.1 Å². The van der Waals surface area contributed by atoms with E-state index in [9.17, 15) is 9.50 Å². The highest BCUT2D eigenvalue weighted by atomic mass is 32.2. The van der Waals surface area contributed by atoms with Crippen molar-refractivity contribution in [2.24, 2.45) is 0 Å². The summed E-state index contributed by atoms with van der Waals surface area (Å²) in [5.41, 5.74) is -0.311. The van der Waals surface area contributed by atoms with Gasteiger partial charge in [0.1, 0.15) is 5.82 Å². The van der Waals surface area contributed by atoms with Crippen LogP contribution in [0.15, 0.2) is 18.2 Å². The minimum absolute atomic E-state index is 0.261. The first-order valence-electron chi connectivity index (χ1n) is 5.13. The topological polar surface area (TPSA) is 56.0 Å². The van der Waals surface area contributed by atoms with Gasteiger partial charge in [0.05, 0.1) is 22.9 Å². The molecule has 0 fully saturated rings. The van der Waals surface area contributed by atoms with Crippen molar-refractivity contribution in [3.05, 3.63) is 29.6 Å². The Morgan fingerprint density at radius 3 is 2.82 bits per heavy atom. The van der Waals surface area contributed by atoms with Crippen LogP contribution in [-0.4, -0.2) is 29.3 Å².